The Morgan fingerprint density at radius 1 is 1.03 bits per heavy atom. The first-order valence-corrected chi connectivity index (χ1v) is 11.8. The summed E-state index contributed by atoms with van der Waals surface area (Å²) in [7, 11) is 0. The van der Waals surface area contributed by atoms with Crippen LogP contribution in [0.1, 0.15) is 55.2 Å². The van der Waals surface area contributed by atoms with Crippen LogP contribution in [0.2, 0.25) is 5.02 Å². The lowest BCUT2D eigenvalue weighted by Gasteiger charge is -2.31. The molecule has 3 aromatic rings. The van der Waals surface area contributed by atoms with Crippen LogP contribution < -0.4 is 10.2 Å². The van der Waals surface area contributed by atoms with Crippen molar-refractivity contribution in [2.24, 2.45) is 5.92 Å². The molecule has 1 fully saturated rings. The lowest BCUT2D eigenvalue weighted by molar-refractivity contribution is -0.141. The van der Waals surface area contributed by atoms with Gasteiger partial charge in [-0.25, -0.2) is 15.0 Å². The van der Waals surface area contributed by atoms with Crippen molar-refractivity contribution in [3.63, 3.8) is 0 Å². The summed E-state index contributed by atoms with van der Waals surface area (Å²) in [6, 6.07) is 6.07. The van der Waals surface area contributed by atoms with Crippen molar-refractivity contribution in [1.29, 1.82) is 0 Å². The molecule has 2 aliphatic rings. The van der Waals surface area contributed by atoms with Gasteiger partial charge in [0, 0.05) is 37.5 Å². The number of pyridine rings is 2. The zero-order valence-electron chi connectivity index (χ0n) is 19.0. The average Bonchev–Trinajstić information content (AvgIpc) is 3.69. The maximum atomic E-state index is 12.9. The third-order valence-electron chi connectivity index (χ3n) is 5.86. The van der Waals surface area contributed by atoms with Crippen molar-refractivity contribution in [2.45, 2.75) is 51.9 Å². The largest absolute Gasteiger partial charge is 0.433 e. The minimum atomic E-state index is -4.45. The first-order valence-electron chi connectivity index (χ1n) is 11.4. The van der Waals surface area contributed by atoms with Gasteiger partial charge >= 0.3 is 6.18 Å². The van der Waals surface area contributed by atoms with Crippen LogP contribution in [-0.4, -0.2) is 26.5 Å². The van der Waals surface area contributed by atoms with E-state index >= 15 is 0 Å². The van der Waals surface area contributed by atoms with Crippen LogP contribution in [0.15, 0.2) is 43.0 Å². The molecule has 0 amide bonds. The third kappa shape index (κ3) is 5.41. The van der Waals surface area contributed by atoms with Crippen molar-refractivity contribution >= 4 is 23.2 Å². The van der Waals surface area contributed by atoms with Crippen molar-refractivity contribution in [1.82, 2.24) is 19.9 Å². The average molecular weight is 491 g/mol. The van der Waals surface area contributed by atoms with Gasteiger partial charge in [0.05, 0.1) is 16.8 Å². The standard InChI is InChI=1S/C22H20ClF3N6.C2H6/c23-15-4-6-19(28-10-15)32-8-7-17-16(11-32)21(30-12-29-17)31-20(13-1-2-13)14-3-5-18(27-9-14)22(24,25)26;1-2/h3-6,9-10,12-13,20H,1-2,7-8,11H2,(H,29,30,31);1-2H3. The fourth-order valence-corrected chi connectivity index (χ4v) is 4.14. The summed E-state index contributed by atoms with van der Waals surface area (Å²) in [5.74, 6) is 1.85. The molecule has 1 aliphatic heterocycles. The molecule has 0 radical (unpaired) electrons. The number of rotatable bonds is 5. The quantitative estimate of drug-likeness (QED) is 0.466. The number of fused-ring (bicyclic) bond motifs is 1. The molecule has 0 bridgehead atoms. The lowest BCUT2D eigenvalue weighted by Crippen LogP contribution is -2.32. The van der Waals surface area contributed by atoms with Crippen LogP contribution in [0, 0.1) is 5.92 Å². The Labute approximate surface area is 201 Å². The minimum Gasteiger partial charge on any atom is -0.363 e. The zero-order valence-corrected chi connectivity index (χ0v) is 19.7. The minimum absolute atomic E-state index is 0.159. The van der Waals surface area contributed by atoms with E-state index in [1.54, 1.807) is 12.3 Å². The molecule has 180 valence electrons. The summed E-state index contributed by atoms with van der Waals surface area (Å²) in [5, 5.41) is 4.06. The molecular weight excluding hydrogens is 465 g/mol. The van der Waals surface area contributed by atoms with Gasteiger partial charge in [-0.15, -0.1) is 0 Å². The summed E-state index contributed by atoms with van der Waals surface area (Å²) in [4.78, 5) is 19.1. The van der Waals surface area contributed by atoms with Gasteiger partial charge in [0.1, 0.15) is 23.7 Å². The number of hydrogen-bond donors (Lipinski definition) is 1. The summed E-state index contributed by atoms with van der Waals surface area (Å²) < 4.78 is 38.7. The van der Waals surface area contributed by atoms with Crippen molar-refractivity contribution < 1.29 is 13.2 Å². The van der Waals surface area contributed by atoms with Crippen LogP contribution in [0.25, 0.3) is 0 Å². The Bertz CT molecular complexity index is 1100. The first-order chi connectivity index (χ1) is 16.4. The Hall–Kier alpha value is -2.94. The van der Waals surface area contributed by atoms with Crippen LogP contribution in [0.5, 0.6) is 0 Å². The molecule has 1 unspecified atom stereocenters. The molecule has 1 saturated carbocycles. The highest BCUT2D eigenvalue weighted by Gasteiger charge is 2.36. The van der Waals surface area contributed by atoms with E-state index in [1.165, 1.54) is 18.6 Å². The zero-order chi connectivity index (χ0) is 24.3. The predicted molar refractivity (Wildman–Crippen MR) is 126 cm³/mol. The van der Waals surface area contributed by atoms with E-state index < -0.39 is 11.9 Å². The molecule has 3 aromatic heterocycles. The molecule has 34 heavy (non-hydrogen) atoms. The Morgan fingerprint density at radius 3 is 2.44 bits per heavy atom. The number of nitrogens with one attached hydrogen (secondary N) is 1. The maximum Gasteiger partial charge on any atom is 0.433 e. The van der Waals surface area contributed by atoms with Crippen LogP contribution >= 0.6 is 11.6 Å². The topological polar surface area (TPSA) is 66.8 Å². The molecule has 5 rings (SSSR count). The van der Waals surface area contributed by atoms with Gasteiger partial charge < -0.3 is 10.2 Å². The van der Waals surface area contributed by atoms with Crippen LogP contribution in [-0.2, 0) is 19.1 Å². The lowest BCUT2D eigenvalue weighted by atomic mass is 10.0. The third-order valence-corrected chi connectivity index (χ3v) is 6.08. The second-order valence-electron chi connectivity index (χ2n) is 8.09. The SMILES string of the molecule is CC.FC(F)(F)c1ccc(C(Nc2ncnc3c2CN(c2ccc(Cl)cn2)CC3)C2CC2)cn1. The van der Waals surface area contributed by atoms with E-state index in [1.807, 2.05) is 19.9 Å². The van der Waals surface area contributed by atoms with Gasteiger partial charge in [-0.1, -0.05) is 31.5 Å². The molecule has 4 heterocycles. The van der Waals surface area contributed by atoms with Gasteiger partial charge in [0.25, 0.3) is 0 Å². The summed E-state index contributed by atoms with van der Waals surface area (Å²) in [5.41, 5.74) is 1.77. The molecule has 0 saturated heterocycles. The fraction of sp³-hybridized carbons (Fsp3) is 0.417. The molecule has 0 aromatic carbocycles. The Morgan fingerprint density at radius 2 is 1.82 bits per heavy atom. The number of hydrogen-bond acceptors (Lipinski definition) is 6. The Balaban J connectivity index is 0.00000133. The molecule has 1 atom stereocenters. The number of halogens is 4. The highest BCUT2D eigenvalue weighted by atomic mass is 35.5. The van der Waals surface area contributed by atoms with Gasteiger partial charge in [0.2, 0.25) is 0 Å². The first kappa shape index (κ1) is 24.2. The molecule has 1 N–H and O–H groups in total. The number of anilines is 2. The van der Waals surface area contributed by atoms with E-state index in [9.17, 15) is 13.2 Å². The van der Waals surface area contributed by atoms with Gasteiger partial charge in [-0.2, -0.15) is 13.2 Å². The molecule has 1 aliphatic carbocycles. The highest BCUT2D eigenvalue weighted by molar-refractivity contribution is 6.30. The monoisotopic (exact) mass is 490 g/mol. The van der Waals surface area contributed by atoms with Crippen molar-refractivity contribution in [3.05, 3.63) is 70.5 Å². The molecule has 0 spiro atoms. The second-order valence-corrected chi connectivity index (χ2v) is 8.52. The Kier molecular flexibility index (Phi) is 7.21. The molecular formula is C24H26ClF3N6. The molecule has 10 heteroatoms. The highest BCUT2D eigenvalue weighted by Crippen LogP contribution is 2.43. The fourth-order valence-electron chi connectivity index (χ4n) is 4.02. The van der Waals surface area contributed by atoms with E-state index in [4.69, 9.17) is 11.6 Å². The number of alkyl halides is 3. The van der Waals surface area contributed by atoms with E-state index in [-0.39, 0.29) is 6.04 Å². The second kappa shape index (κ2) is 10.1. The summed E-state index contributed by atoms with van der Waals surface area (Å²) in [6.45, 7) is 5.35. The normalized spacial score (nSPS) is 16.2. The smallest absolute Gasteiger partial charge is 0.363 e. The summed E-state index contributed by atoms with van der Waals surface area (Å²) >= 11 is 5.96. The van der Waals surface area contributed by atoms with E-state index in [0.717, 1.165) is 54.5 Å². The number of nitrogens with zero attached hydrogens (tertiary/aromatic N) is 5. The van der Waals surface area contributed by atoms with Crippen LogP contribution in [0.3, 0.4) is 0 Å². The van der Waals surface area contributed by atoms with Gasteiger partial charge in [-0.05, 0) is 42.5 Å². The van der Waals surface area contributed by atoms with Crippen molar-refractivity contribution in [3.8, 4) is 0 Å². The van der Waals surface area contributed by atoms with Gasteiger partial charge in [0.15, 0.2) is 0 Å². The molecule has 6 nitrogen and oxygen atoms in total. The predicted octanol–water partition coefficient (Wildman–Crippen LogP) is 6.09. The van der Waals surface area contributed by atoms with E-state index in [0.29, 0.717) is 23.3 Å². The number of aromatic nitrogens is 4. The van der Waals surface area contributed by atoms with Crippen molar-refractivity contribution in [2.75, 3.05) is 16.8 Å². The summed E-state index contributed by atoms with van der Waals surface area (Å²) in [6.07, 6.45) is 2.77. The van der Waals surface area contributed by atoms with Gasteiger partial charge in [-0.3, -0.25) is 4.98 Å². The van der Waals surface area contributed by atoms with E-state index in [2.05, 4.69) is 30.2 Å². The van der Waals surface area contributed by atoms with Crippen LogP contribution in [0.4, 0.5) is 24.8 Å². The maximum absolute atomic E-state index is 12.9.